The van der Waals surface area contributed by atoms with Crippen molar-refractivity contribution >= 4 is 0 Å². The van der Waals surface area contributed by atoms with Crippen molar-refractivity contribution in [1.82, 2.24) is 29.9 Å². The summed E-state index contributed by atoms with van der Waals surface area (Å²) in [6.07, 6.45) is 0. The first-order valence-corrected chi connectivity index (χ1v) is 20.6. The van der Waals surface area contributed by atoms with E-state index in [2.05, 4.69) is 30.3 Å². The lowest BCUT2D eigenvalue weighted by Crippen LogP contribution is -2.01. The van der Waals surface area contributed by atoms with Gasteiger partial charge in [-0.3, -0.25) is 0 Å². The average molecular weight is 819 g/mol. The van der Waals surface area contributed by atoms with Crippen molar-refractivity contribution in [2.24, 2.45) is 0 Å². The van der Waals surface area contributed by atoms with Crippen molar-refractivity contribution in [2.75, 3.05) is 0 Å². The van der Waals surface area contributed by atoms with Crippen molar-refractivity contribution in [3.8, 4) is 114 Å². The summed E-state index contributed by atoms with van der Waals surface area (Å²) in [7, 11) is 0. The van der Waals surface area contributed by atoms with Crippen molar-refractivity contribution in [3.63, 3.8) is 0 Å². The molecule has 0 amide bonds. The lowest BCUT2D eigenvalue weighted by atomic mass is 9.97. The molecule has 0 saturated carbocycles. The van der Waals surface area contributed by atoms with Crippen molar-refractivity contribution < 1.29 is 0 Å². The van der Waals surface area contributed by atoms with Crippen LogP contribution in [0, 0.1) is 22.7 Å². The van der Waals surface area contributed by atoms with Gasteiger partial charge in [0.25, 0.3) is 0 Å². The Labute approximate surface area is 370 Å². The van der Waals surface area contributed by atoms with Crippen LogP contribution >= 0.6 is 0 Å². The highest BCUT2D eigenvalue weighted by Gasteiger charge is 2.18. The quantitative estimate of drug-likeness (QED) is 0.141. The highest BCUT2D eigenvalue weighted by molar-refractivity contribution is 5.83. The van der Waals surface area contributed by atoms with Crippen LogP contribution in [0.2, 0.25) is 0 Å². The molecule has 298 valence electrons. The topological polar surface area (TPSA) is 125 Å². The molecular formula is C56H34N8. The molecule has 8 nitrogen and oxygen atoms in total. The molecule has 2 heterocycles. The molecule has 10 aromatic rings. The first-order valence-electron chi connectivity index (χ1n) is 20.6. The number of benzene rings is 8. The number of hydrogen-bond donors (Lipinski definition) is 0. The Morgan fingerprint density at radius 2 is 0.547 bits per heavy atom. The van der Waals surface area contributed by atoms with Crippen LogP contribution < -0.4 is 0 Å². The fourth-order valence-electron chi connectivity index (χ4n) is 7.74. The monoisotopic (exact) mass is 818 g/mol. The van der Waals surface area contributed by atoms with E-state index < -0.39 is 0 Å². The van der Waals surface area contributed by atoms with Gasteiger partial charge in [0.15, 0.2) is 34.9 Å². The van der Waals surface area contributed by atoms with Gasteiger partial charge in [-0.2, -0.15) is 10.5 Å². The van der Waals surface area contributed by atoms with Crippen LogP contribution in [0.15, 0.2) is 206 Å². The Morgan fingerprint density at radius 3 is 1.00 bits per heavy atom. The molecule has 0 atom stereocenters. The van der Waals surface area contributed by atoms with Gasteiger partial charge in [-0.15, -0.1) is 0 Å². The van der Waals surface area contributed by atoms with E-state index in [9.17, 15) is 10.5 Å². The first kappa shape index (κ1) is 38.9. The molecule has 0 unspecified atom stereocenters. The zero-order chi connectivity index (χ0) is 43.2. The Bertz CT molecular complexity index is 3410. The molecule has 0 N–H and O–H groups in total. The zero-order valence-electron chi connectivity index (χ0n) is 34.2. The fourth-order valence-corrected chi connectivity index (χ4v) is 7.74. The van der Waals surface area contributed by atoms with Crippen molar-refractivity contribution in [3.05, 3.63) is 217 Å². The molecule has 0 aliphatic carbocycles. The SMILES string of the molecule is N#Cc1ccccc1-c1cccc(-c2nc(-c3ccccc3)nc(-c3ccc(-c4ccccc4-c4nc(-c5ccccc5)nc(-c5cccc(-c6ccccc6C#N)c5)n4)cc3)n2)c1. The van der Waals surface area contributed by atoms with E-state index in [1.165, 1.54) is 0 Å². The van der Waals surface area contributed by atoms with Crippen LogP contribution in [0.25, 0.3) is 102 Å². The van der Waals surface area contributed by atoms with Gasteiger partial charge in [-0.05, 0) is 57.6 Å². The maximum Gasteiger partial charge on any atom is 0.164 e. The summed E-state index contributed by atoms with van der Waals surface area (Å²) < 4.78 is 0. The number of aromatic nitrogens is 6. The highest BCUT2D eigenvalue weighted by atomic mass is 15.0. The summed E-state index contributed by atoms with van der Waals surface area (Å²) in [5.41, 5.74) is 11.6. The summed E-state index contributed by atoms with van der Waals surface area (Å²) in [5, 5.41) is 19.7. The molecule has 10 rings (SSSR count). The van der Waals surface area contributed by atoms with Crippen LogP contribution in [0.4, 0.5) is 0 Å². The minimum atomic E-state index is 0.518. The molecule has 0 aliphatic heterocycles. The molecule has 0 fully saturated rings. The zero-order valence-corrected chi connectivity index (χ0v) is 34.2. The third-order valence-corrected chi connectivity index (χ3v) is 10.9. The predicted molar refractivity (Wildman–Crippen MR) is 252 cm³/mol. The molecule has 0 bridgehead atoms. The summed E-state index contributed by atoms with van der Waals surface area (Å²) in [4.78, 5) is 30.1. The fraction of sp³-hybridized carbons (Fsp3) is 0. The van der Waals surface area contributed by atoms with Gasteiger partial charge in [-0.25, -0.2) is 29.9 Å². The lowest BCUT2D eigenvalue weighted by molar-refractivity contribution is 1.07. The van der Waals surface area contributed by atoms with Crippen LogP contribution in [-0.2, 0) is 0 Å². The van der Waals surface area contributed by atoms with Gasteiger partial charge < -0.3 is 0 Å². The van der Waals surface area contributed by atoms with Crippen molar-refractivity contribution in [1.29, 1.82) is 10.5 Å². The van der Waals surface area contributed by atoms with Crippen molar-refractivity contribution in [2.45, 2.75) is 0 Å². The number of nitrogens with zero attached hydrogens (tertiary/aromatic N) is 8. The van der Waals surface area contributed by atoms with E-state index in [-0.39, 0.29) is 0 Å². The molecule has 0 radical (unpaired) electrons. The minimum Gasteiger partial charge on any atom is -0.208 e. The third-order valence-electron chi connectivity index (χ3n) is 10.9. The molecule has 8 aromatic carbocycles. The maximum absolute atomic E-state index is 9.85. The maximum atomic E-state index is 9.85. The standard InChI is InChI=1S/C56H34N8/c57-35-45-19-7-9-25-47(45)41-21-13-23-43(33-41)54-60-51(38-15-3-1-4-16-38)59-53(62-54)40-31-29-37(30-32-40)49-27-11-12-28-50(49)56-63-52(39-17-5-2-6-18-39)61-55(64-56)44-24-14-22-42(34-44)48-26-10-8-20-46(48)36-58/h1-34H. The molecule has 0 aliphatic rings. The molecule has 64 heavy (non-hydrogen) atoms. The second-order valence-corrected chi connectivity index (χ2v) is 14.9. The minimum absolute atomic E-state index is 0.518. The Morgan fingerprint density at radius 1 is 0.234 bits per heavy atom. The van der Waals surface area contributed by atoms with Crippen LogP contribution in [-0.4, -0.2) is 29.9 Å². The predicted octanol–water partition coefficient (Wildman–Crippen LogP) is 12.8. The van der Waals surface area contributed by atoms with Crippen LogP contribution in [0.5, 0.6) is 0 Å². The molecular weight excluding hydrogens is 785 g/mol. The summed E-state index contributed by atoms with van der Waals surface area (Å²) >= 11 is 0. The van der Waals surface area contributed by atoms with Gasteiger partial charge in [0.05, 0.1) is 23.3 Å². The number of hydrogen-bond acceptors (Lipinski definition) is 8. The van der Waals surface area contributed by atoms with Crippen LogP contribution in [0.3, 0.4) is 0 Å². The van der Waals surface area contributed by atoms with E-state index in [0.717, 1.165) is 66.8 Å². The lowest BCUT2D eigenvalue weighted by Gasteiger charge is -2.13. The largest absolute Gasteiger partial charge is 0.208 e. The Kier molecular flexibility index (Phi) is 10.6. The van der Waals surface area contributed by atoms with E-state index in [1.807, 2.05) is 188 Å². The second-order valence-electron chi connectivity index (χ2n) is 14.9. The van der Waals surface area contributed by atoms with E-state index in [4.69, 9.17) is 29.9 Å². The third kappa shape index (κ3) is 7.90. The van der Waals surface area contributed by atoms with E-state index >= 15 is 0 Å². The smallest absolute Gasteiger partial charge is 0.164 e. The summed E-state index contributed by atoms with van der Waals surface area (Å²) in [5.74, 6) is 3.20. The number of rotatable bonds is 9. The molecule has 2 aromatic heterocycles. The van der Waals surface area contributed by atoms with Gasteiger partial charge in [0.2, 0.25) is 0 Å². The normalized spacial score (nSPS) is 10.8. The Balaban J connectivity index is 1.05. The van der Waals surface area contributed by atoms with Gasteiger partial charge in [0, 0.05) is 33.4 Å². The number of nitriles is 2. The average Bonchev–Trinajstić information content (AvgIpc) is 3.39. The summed E-state index contributed by atoms with van der Waals surface area (Å²) in [6.45, 7) is 0. The molecule has 0 spiro atoms. The van der Waals surface area contributed by atoms with Gasteiger partial charge in [-0.1, -0.05) is 182 Å². The van der Waals surface area contributed by atoms with E-state index in [0.29, 0.717) is 46.1 Å². The molecule has 8 heteroatoms. The van der Waals surface area contributed by atoms with Gasteiger partial charge >= 0.3 is 0 Å². The Hall–Kier alpha value is -9.24. The summed E-state index contributed by atoms with van der Waals surface area (Å²) in [6, 6.07) is 71.8. The highest BCUT2D eigenvalue weighted by Crippen LogP contribution is 2.35. The van der Waals surface area contributed by atoms with Crippen LogP contribution in [0.1, 0.15) is 11.1 Å². The molecule has 0 saturated heterocycles. The second kappa shape index (κ2) is 17.4. The first-order chi connectivity index (χ1) is 31.6. The van der Waals surface area contributed by atoms with Gasteiger partial charge in [0.1, 0.15) is 0 Å². The van der Waals surface area contributed by atoms with E-state index in [1.54, 1.807) is 0 Å².